The molecule has 0 radical (unpaired) electrons. The number of nitrogen functional groups attached to an aromatic ring is 1. The molecule has 0 aliphatic rings. The van der Waals surface area contributed by atoms with Crippen LogP contribution in [0.4, 0.5) is 11.5 Å². The molecular weight excluding hydrogens is 256 g/mol. The molecule has 3 N–H and O–H groups in total. The average molecular weight is 274 g/mol. The third-order valence-electron chi connectivity index (χ3n) is 2.67. The minimum absolute atomic E-state index is 0.506. The summed E-state index contributed by atoms with van der Waals surface area (Å²) in [7, 11) is 1.60. The van der Waals surface area contributed by atoms with Crippen molar-refractivity contribution >= 4 is 11.5 Å². The Hall–Kier alpha value is -2.50. The van der Waals surface area contributed by atoms with Crippen molar-refractivity contribution in [1.82, 2.24) is 9.97 Å². The number of hydrogen-bond donors (Lipinski definition) is 2. The minimum Gasteiger partial charge on any atom is -0.495 e. The number of methoxy groups -OCH3 is 1. The van der Waals surface area contributed by atoms with Crippen LogP contribution in [-0.2, 0) is 6.54 Å². The summed E-state index contributed by atoms with van der Waals surface area (Å²) in [5, 5.41) is 3.17. The highest BCUT2D eigenvalue weighted by atomic mass is 16.5. The van der Waals surface area contributed by atoms with E-state index in [-0.39, 0.29) is 0 Å². The SMILES string of the molecule is CCOc1cncc(NCc2ccc(OC)c(N)c2)n1. The Morgan fingerprint density at radius 1 is 1.30 bits per heavy atom. The fourth-order valence-electron chi connectivity index (χ4n) is 1.74. The third kappa shape index (κ3) is 3.50. The lowest BCUT2D eigenvalue weighted by molar-refractivity contribution is 0.325. The Morgan fingerprint density at radius 2 is 2.15 bits per heavy atom. The Balaban J connectivity index is 2.01. The van der Waals surface area contributed by atoms with Gasteiger partial charge in [-0.2, -0.15) is 4.98 Å². The van der Waals surface area contributed by atoms with Crippen molar-refractivity contribution in [2.24, 2.45) is 0 Å². The second kappa shape index (κ2) is 6.60. The van der Waals surface area contributed by atoms with E-state index >= 15 is 0 Å². The van der Waals surface area contributed by atoms with Gasteiger partial charge in [-0.15, -0.1) is 0 Å². The summed E-state index contributed by atoms with van der Waals surface area (Å²) in [6, 6.07) is 5.66. The van der Waals surface area contributed by atoms with E-state index in [1.807, 2.05) is 25.1 Å². The van der Waals surface area contributed by atoms with Gasteiger partial charge in [0.15, 0.2) is 0 Å². The number of ether oxygens (including phenoxy) is 2. The summed E-state index contributed by atoms with van der Waals surface area (Å²) < 4.78 is 10.4. The van der Waals surface area contributed by atoms with E-state index in [2.05, 4.69) is 15.3 Å². The second-order valence-electron chi connectivity index (χ2n) is 4.11. The van der Waals surface area contributed by atoms with Crippen molar-refractivity contribution in [2.45, 2.75) is 13.5 Å². The van der Waals surface area contributed by atoms with Crippen LogP contribution >= 0.6 is 0 Å². The minimum atomic E-state index is 0.506. The molecule has 0 fully saturated rings. The van der Waals surface area contributed by atoms with Crippen molar-refractivity contribution in [3.05, 3.63) is 36.2 Å². The predicted molar refractivity (Wildman–Crippen MR) is 77.9 cm³/mol. The zero-order chi connectivity index (χ0) is 14.4. The summed E-state index contributed by atoms with van der Waals surface area (Å²) in [5.74, 6) is 1.84. The molecule has 0 aliphatic heterocycles. The lowest BCUT2D eigenvalue weighted by Crippen LogP contribution is -2.04. The molecule has 2 aromatic rings. The van der Waals surface area contributed by atoms with E-state index in [4.69, 9.17) is 15.2 Å². The van der Waals surface area contributed by atoms with Crippen molar-refractivity contribution in [1.29, 1.82) is 0 Å². The van der Waals surface area contributed by atoms with Gasteiger partial charge in [-0.25, -0.2) is 0 Å². The summed E-state index contributed by atoms with van der Waals surface area (Å²) in [6.45, 7) is 3.06. The molecule has 0 amide bonds. The third-order valence-corrected chi connectivity index (χ3v) is 2.67. The highest BCUT2D eigenvalue weighted by Crippen LogP contribution is 2.22. The van der Waals surface area contributed by atoms with Gasteiger partial charge in [0.25, 0.3) is 0 Å². The molecule has 20 heavy (non-hydrogen) atoms. The maximum Gasteiger partial charge on any atom is 0.234 e. The van der Waals surface area contributed by atoms with Gasteiger partial charge in [0.2, 0.25) is 5.88 Å². The maximum absolute atomic E-state index is 5.86. The Labute approximate surface area is 118 Å². The molecule has 0 unspecified atom stereocenters. The molecular formula is C14H18N4O2. The number of benzene rings is 1. The first-order chi connectivity index (χ1) is 9.72. The molecule has 0 aliphatic carbocycles. The van der Waals surface area contributed by atoms with Crippen molar-refractivity contribution in [3.8, 4) is 11.6 Å². The highest BCUT2D eigenvalue weighted by Gasteiger charge is 2.02. The van der Waals surface area contributed by atoms with Crippen LogP contribution in [0.2, 0.25) is 0 Å². The van der Waals surface area contributed by atoms with Crippen LogP contribution in [0.3, 0.4) is 0 Å². The van der Waals surface area contributed by atoms with Gasteiger partial charge < -0.3 is 20.5 Å². The first-order valence-electron chi connectivity index (χ1n) is 6.34. The van der Waals surface area contributed by atoms with Crippen molar-refractivity contribution < 1.29 is 9.47 Å². The number of nitrogens with two attached hydrogens (primary N) is 1. The molecule has 1 heterocycles. The van der Waals surface area contributed by atoms with Gasteiger partial charge in [0, 0.05) is 6.54 Å². The maximum atomic E-state index is 5.86. The number of anilines is 2. The molecule has 106 valence electrons. The molecule has 0 saturated heterocycles. The van der Waals surface area contributed by atoms with Gasteiger partial charge in [-0.3, -0.25) is 4.98 Å². The van der Waals surface area contributed by atoms with E-state index in [1.165, 1.54) is 0 Å². The Bertz CT molecular complexity index is 575. The second-order valence-corrected chi connectivity index (χ2v) is 4.11. The van der Waals surface area contributed by atoms with Gasteiger partial charge in [0.05, 0.1) is 31.8 Å². The normalized spacial score (nSPS) is 10.1. The summed E-state index contributed by atoms with van der Waals surface area (Å²) in [5.41, 5.74) is 7.51. The summed E-state index contributed by atoms with van der Waals surface area (Å²) >= 11 is 0. The van der Waals surface area contributed by atoms with Gasteiger partial charge in [-0.1, -0.05) is 6.07 Å². The van der Waals surface area contributed by atoms with E-state index < -0.39 is 0 Å². The van der Waals surface area contributed by atoms with Crippen LogP contribution in [0.15, 0.2) is 30.6 Å². The molecule has 2 rings (SSSR count). The van der Waals surface area contributed by atoms with E-state index in [9.17, 15) is 0 Å². The summed E-state index contributed by atoms with van der Waals surface area (Å²) in [6.07, 6.45) is 3.23. The molecule has 6 heteroatoms. The molecule has 0 atom stereocenters. The summed E-state index contributed by atoms with van der Waals surface area (Å²) in [4.78, 5) is 8.35. The quantitative estimate of drug-likeness (QED) is 0.785. The number of hydrogen-bond acceptors (Lipinski definition) is 6. The molecule has 0 spiro atoms. The number of rotatable bonds is 6. The van der Waals surface area contributed by atoms with Gasteiger partial charge >= 0.3 is 0 Å². The van der Waals surface area contributed by atoms with Gasteiger partial charge in [-0.05, 0) is 24.6 Å². The fraction of sp³-hybridized carbons (Fsp3) is 0.286. The van der Waals surface area contributed by atoms with Gasteiger partial charge in [0.1, 0.15) is 11.6 Å². The van der Waals surface area contributed by atoms with E-state index in [1.54, 1.807) is 19.5 Å². The van der Waals surface area contributed by atoms with E-state index in [0.717, 1.165) is 5.56 Å². The van der Waals surface area contributed by atoms with Crippen LogP contribution < -0.4 is 20.5 Å². The largest absolute Gasteiger partial charge is 0.495 e. The van der Waals surface area contributed by atoms with Crippen molar-refractivity contribution in [2.75, 3.05) is 24.8 Å². The standard InChI is InChI=1S/C14H18N4O2/c1-3-20-14-9-16-8-13(18-14)17-7-10-4-5-12(19-2)11(15)6-10/h4-6,8-9H,3,7,15H2,1-2H3,(H,17,18). The van der Waals surface area contributed by atoms with Crippen LogP contribution in [0, 0.1) is 0 Å². The molecule has 1 aromatic carbocycles. The zero-order valence-corrected chi connectivity index (χ0v) is 11.6. The highest BCUT2D eigenvalue weighted by molar-refractivity contribution is 5.54. The van der Waals surface area contributed by atoms with Crippen LogP contribution in [0.25, 0.3) is 0 Å². The van der Waals surface area contributed by atoms with Crippen molar-refractivity contribution in [3.63, 3.8) is 0 Å². The van der Waals surface area contributed by atoms with Crippen LogP contribution in [0.1, 0.15) is 12.5 Å². The zero-order valence-electron chi connectivity index (χ0n) is 11.6. The molecule has 0 bridgehead atoms. The molecule has 6 nitrogen and oxygen atoms in total. The Kier molecular flexibility index (Phi) is 4.60. The first-order valence-corrected chi connectivity index (χ1v) is 6.34. The monoisotopic (exact) mass is 274 g/mol. The van der Waals surface area contributed by atoms with Crippen LogP contribution in [-0.4, -0.2) is 23.7 Å². The number of nitrogens with one attached hydrogen (secondary N) is 1. The number of aromatic nitrogens is 2. The van der Waals surface area contributed by atoms with Crippen LogP contribution in [0.5, 0.6) is 11.6 Å². The lowest BCUT2D eigenvalue weighted by atomic mass is 10.2. The number of nitrogens with zero attached hydrogens (tertiary/aromatic N) is 2. The average Bonchev–Trinajstić information content (AvgIpc) is 2.46. The molecule has 1 aromatic heterocycles. The molecule has 0 saturated carbocycles. The van der Waals surface area contributed by atoms with E-state index in [0.29, 0.717) is 36.3 Å². The lowest BCUT2D eigenvalue weighted by Gasteiger charge is -2.09. The Morgan fingerprint density at radius 3 is 2.85 bits per heavy atom. The fourth-order valence-corrected chi connectivity index (χ4v) is 1.74. The predicted octanol–water partition coefficient (Wildman–Crippen LogP) is 2.08. The first kappa shape index (κ1) is 13.9. The topological polar surface area (TPSA) is 82.3 Å². The smallest absolute Gasteiger partial charge is 0.234 e.